The van der Waals surface area contributed by atoms with Gasteiger partial charge in [0.15, 0.2) is 0 Å². The highest BCUT2D eigenvalue weighted by atomic mass is 35.5. The highest BCUT2D eigenvalue weighted by Crippen LogP contribution is 2.14. The molecule has 4 heteroatoms. The van der Waals surface area contributed by atoms with Gasteiger partial charge in [-0.15, -0.1) is 12.4 Å². The maximum Gasteiger partial charge on any atom is 0.119 e. The first-order valence-corrected chi connectivity index (χ1v) is 4.72. The van der Waals surface area contributed by atoms with E-state index in [4.69, 9.17) is 10.5 Å². The van der Waals surface area contributed by atoms with Crippen LogP contribution in [0.15, 0.2) is 48.8 Å². The molecule has 0 aliphatic rings. The van der Waals surface area contributed by atoms with Crippen LogP contribution in [0.25, 0.3) is 0 Å². The quantitative estimate of drug-likeness (QED) is 0.834. The molecule has 0 saturated carbocycles. The third-order valence-corrected chi connectivity index (χ3v) is 2.01. The van der Waals surface area contributed by atoms with Gasteiger partial charge in [-0.2, -0.15) is 0 Å². The molecule has 2 rings (SSSR count). The zero-order valence-electron chi connectivity index (χ0n) is 8.67. The van der Waals surface area contributed by atoms with Crippen molar-refractivity contribution in [3.05, 3.63) is 54.4 Å². The number of hydrogen-bond donors (Lipinski definition) is 1. The summed E-state index contributed by atoms with van der Waals surface area (Å²) in [5.41, 5.74) is 7.36. The van der Waals surface area contributed by atoms with Crippen LogP contribution in [-0.4, -0.2) is 4.98 Å². The number of halogens is 1. The van der Waals surface area contributed by atoms with Gasteiger partial charge in [0, 0.05) is 23.6 Å². The second-order valence-electron chi connectivity index (χ2n) is 3.22. The van der Waals surface area contributed by atoms with Crippen molar-refractivity contribution in [2.24, 2.45) is 0 Å². The monoisotopic (exact) mass is 236 g/mol. The zero-order chi connectivity index (χ0) is 10.5. The molecule has 1 heterocycles. The molecular weight excluding hydrogens is 224 g/mol. The number of anilines is 1. The molecule has 0 bridgehead atoms. The van der Waals surface area contributed by atoms with Crippen molar-refractivity contribution in [2.45, 2.75) is 6.61 Å². The molecule has 0 radical (unpaired) electrons. The van der Waals surface area contributed by atoms with Crippen molar-refractivity contribution >= 4 is 18.1 Å². The first kappa shape index (κ1) is 12.3. The second-order valence-corrected chi connectivity index (χ2v) is 3.22. The molecule has 1 aromatic carbocycles. The third-order valence-electron chi connectivity index (χ3n) is 2.01. The predicted molar refractivity (Wildman–Crippen MR) is 66.7 cm³/mol. The highest BCUT2D eigenvalue weighted by Gasteiger charge is 1.95. The molecule has 2 N–H and O–H groups in total. The van der Waals surface area contributed by atoms with Gasteiger partial charge in [0.2, 0.25) is 0 Å². The van der Waals surface area contributed by atoms with Crippen molar-refractivity contribution in [3.8, 4) is 5.75 Å². The molecule has 0 spiro atoms. The van der Waals surface area contributed by atoms with E-state index in [2.05, 4.69) is 4.98 Å². The Kier molecular flexibility index (Phi) is 4.61. The van der Waals surface area contributed by atoms with Crippen molar-refractivity contribution in [3.63, 3.8) is 0 Å². The van der Waals surface area contributed by atoms with Crippen LogP contribution in [0.3, 0.4) is 0 Å². The van der Waals surface area contributed by atoms with Crippen molar-refractivity contribution in [1.29, 1.82) is 0 Å². The smallest absolute Gasteiger partial charge is 0.119 e. The molecule has 0 amide bonds. The van der Waals surface area contributed by atoms with Gasteiger partial charge in [-0.25, -0.2) is 0 Å². The number of pyridine rings is 1. The standard InChI is InChI=1S/C12H12N2O.ClH/c13-11-3-5-12(6-4-11)15-9-10-2-1-7-14-8-10;/h1-8H,9,13H2;1H. The number of nitrogens with zero attached hydrogens (tertiary/aromatic N) is 1. The summed E-state index contributed by atoms with van der Waals surface area (Å²) in [6.07, 6.45) is 3.53. The molecule has 16 heavy (non-hydrogen) atoms. The van der Waals surface area contributed by atoms with Gasteiger partial charge in [-0.3, -0.25) is 4.98 Å². The predicted octanol–water partition coefficient (Wildman–Crippen LogP) is 2.66. The maximum atomic E-state index is 5.57. The van der Waals surface area contributed by atoms with Gasteiger partial charge in [-0.1, -0.05) is 6.07 Å². The van der Waals surface area contributed by atoms with Gasteiger partial charge in [0.1, 0.15) is 12.4 Å². The Morgan fingerprint density at radius 1 is 1.12 bits per heavy atom. The van der Waals surface area contributed by atoms with Crippen LogP contribution in [0.5, 0.6) is 5.75 Å². The largest absolute Gasteiger partial charge is 0.489 e. The number of rotatable bonds is 3. The van der Waals surface area contributed by atoms with Gasteiger partial charge in [0.25, 0.3) is 0 Å². The summed E-state index contributed by atoms with van der Waals surface area (Å²) < 4.78 is 5.55. The molecule has 0 atom stereocenters. The first-order chi connectivity index (χ1) is 7.34. The minimum absolute atomic E-state index is 0. The summed E-state index contributed by atoms with van der Waals surface area (Å²) in [6, 6.07) is 11.2. The molecule has 0 aliphatic heterocycles. The maximum absolute atomic E-state index is 5.57. The Bertz CT molecular complexity index is 417. The van der Waals surface area contributed by atoms with E-state index in [-0.39, 0.29) is 12.4 Å². The van der Waals surface area contributed by atoms with Gasteiger partial charge in [-0.05, 0) is 30.3 Å². The van der Waals surface area contributed by atoms with Crippen LogP contribution in [0, 0.1) is 0 Å². The van der Waals surface area contributed by atoms with E-state index in [1.807, 2.05) is 36.4 Å². The summed E-state index contributed by atoms with van der Waals surface area (Å²) in [4.78, 5) is 4.01. The fourth-order valence-electron chi connectivity index (χ4n) is 1.21. The van der Waals surface area contributed by atoms with Crippen LogP contribution >= 0.6 is 12.4 Å². The fraction of sp³-hybridized carbons (Fsp3) is 0.0833. The zero-order valence-corrected chi connectivity index (χ0v) is 9.48. The SMILES string of the molecule is Cl.Nc1ccc(OCc2cccnc2)cc1. The van der Waals surface area contributed by atoms with Crippen LogP contribution in [0.2, 0.25) is 0 Å². The Morgan fingerprint density at radius 3 is 2.50 bits per heavy atom. The number of hydrogen-bond acceptors (Lipinski definition) is 3. The topological polar surface area (TPSA) is 48.1 Å². The molecule has 0 saturated heterocycles. The van der Waals surface area contributed by atoms with E-state index in [1.165, 1.54) is 0 Å². The van der Waals surface area contributed by atoms with Crippen molar-refractivity contribution in [1.82, 2.24) is 4.98 Å². The van der Waals surface area contributed by atoms with E-state index in [9.17, 15) is 0 Å². The van der Waals surface area contributed by atoms with E-state index in [0.717, 1.165) is 17.0 Å². The summed E-state index contributed by atoms with van der Waals surface area (Å²) in [5.74, 6) is 0.813. The number of nitrogen functional groups attached to an aromatic ring is 1. The van der Waals surface area contributed by atoms with Crippen molar-refractivity contribution in [2.75, 3.05) is 5.73 Å². The number of benzene rings is 1. The Morgan fingerprint density at radius 2 is 1.88 bits per heavy atom. The molecule has 0 fully saturated rings. The van der Waals surface area contributed by atoms with E-state index in [0.29, 0.717) is 6.61 Å². The molecule has 0 unspecified atom stereocenters. The summed E-state index contributed by atoms with van der Waals surface area (Å²) in [5, 5.41) is 0. The number of nitrogens with two attached hydrogens (primary N) is 1. The van der Waals surface area contributed by atoms with Crippen LogP contribution < -0.4 is 10.5 Å². The Hall–Kier alpha value is -1.74. The van der Waals surface area contributed by atoms with Crippen LogP contribution in [-0.2, 0) is 6.61 Å². The Labute approximate surface area is 101 Å². The van der Waals surface area contributed by atoms with Gasteiger partial charge >= 0.3 is 0 Å². The highest BCUT2D eigenvalue weighted by molar-refractivity contribution is 5.85. The lowest BCUT2D eigenvalue weighted by molar-refractivity contribution is 0.306. The van der Waals surface area contributed by atoms with E-state index >= 15 is 0 Å². The lowest BCUT2D eigenvalue weighted by atomic mass is 10.3. The summed E-state index contributed by atoms with van der Waals surface area (Å²) in [6.45, 7) is 0.526. The average Bonchev–Trinajstić information content (AvgIpc) is 2.30. The lowest BCUT2D eigenvalue weighted by Crippen LogP contribution is -1.95. The Balaban J connectivity index is 0.00000128. The molecule has 0 aliphatic carbocycles. The third kappa shape index (κ3) is 3.44. The molecule has 1 aromatic heterocycles. The minimum Gasteiger partial charge on any atom is -0.489 e. The summed E-state index contributed by atoms with van der Waals surface area (Å²) in [7, 11) is 0. The second kappa shape index (κ2) is 5.98. The molecule has 3 nitrogen and oxygen atoms in total. The lowest BCUT2D eigenvalue weighted by Gasteiger charge is -2.05. The van der Waals surface area contributed by atoms with E-state index < -0.39 is 0 Å². The van der Waals surface area contributed by atoms with Crippen LogP contribution in [0.1, 0.15) is 5.56 Å². The number of ether oxygens (including phenoxy) is 1. The van der Waals surface area contributed by atoms with Crippen molar-refractivity contribution < 1.29 is 4.74 Å². The fourth-order valence-corrected chi connectivity index (χ4v) is 1.21. The molecular formula is C12H13ClN2O. The first-order valence-electron chi connectivity index (χ1n) is 4.72. The molecule has 84 valence electrons. The van der Waals surface area contributed by atoms with Gasteiger partial charge < -0.3 is 10.5 Å². The minimum atomic E-state index is 0. The normalized spacial score (nSPS) is 9.25. The summed E-state index contributed by atoms with van der Waals surface area (Å²) >= 11 is 0. The van der Waals surface area contributed by atoms with E-state index in [1.54, 1.807) is 12.4 Å². The molecule has 2 aromatic rings. The van der Waals surface area contributed by atoms with Gasteiger partial charge in [0.05, 0.1) is 0 Å². The number of aromatic nitrogens is 1. The average molecular weight is 237 g/mol. The van der Waals surface area contributed by atoms with Crippen LogP contribution in [0.4, 0.5) is 5.69 Å².